The van der Waals surface area contributed by atoms with Gasteiger partial charge in [0.2, 0.25) is 0 Å². The van der Waals surface area contributed by atoms with Crippen LogP contribution in [0.5, 0.6) is 0 Å². The molecule has 1 aromatic heterocycles. The Morgan fingerprint density at radius 2 is 2.06 bits per heavy atom. The van der Waals surface area contributed by atoms with E-state index >= 15 is 0 Å². The van der Waals surface area contributed by atoms with Crippen molar-refractivity contribution >= 4 is 34.2 Å². The lowest BCUT2D eigenvalue weighted by Gasteiger charge is -2.02. The molecule has 0 amide bonds. The molecule has 16 heavy (non-hydrogen) atoms. The largest absolute Gasteiger partial charge is 0.458 e. The molecule has 0 bridgehead atoms. The zero-order valence-electron chi connectivity index (χ0n) is 8.58. The van der Waals surface area contributed by atoms with Gasteiger partial charge in [0.25, 0.3) is 0 Å². The zero-order chi connectivity index (χ0) is 11.7. The van der Waals surface area contributed by atoms with Gasteiger partial charge in [-0.05, 0) is 59.8 Å². The summed E-state index contributed by atoms with van der Waals surface area (Å²) in [6, 6.07) is 9.25. The van der Waals surface area contributed by atoms with Gasteiger partial charge in [0, 0.05) is 14.2 Å². The quantitative estimate of drug-likeness (QED) is 0.823. The molecule has 0 saturated carbocycles. The van der Waals surface area contributed by atoms with Gasteiger partial charge in [-0.2, -0.15) is 0 Å². The van der Waals surface area contributed by atoms with Gasteiger partial charge in [0.1, 0.15) is 17.6 Å². The van der Waals surface area contributed by atoms with E-state index in [1.165, 1.54) is 0 Å². The molecule has 2 rings (SSSR count). The lowest BCUT2D eigenvalue weighted by molar-refractivity contribution is 0.170. The van der Waals surface area contributed by atoms with Gasteiger partial charge in [-0.15, -0.1) is 0 Å². The third-order valence-electron chi connectivity index (χ3n) is 2.24. The predicted octanol–water partition coefficient (Wildman–Crippen LogP) is 4.26. The third kappa shape index (κ3) is 2.42. The number of rotatable bonds is 2. The minimum absolute atomic E-state index is 0.570. The summed E-state index contributed by atoms with van der Waals surface area (Å²) in [5.74, 6) is 1.32. The number of hydrogen-bond acceptors (Lipinski definition) is 2. The van der Waals surface area contributed by atoms with Gasteiger partial charge in [0.05, 0.1) is 0 Å². The van der Waals surface area contributed by atoms with Crippen molar-refractivity contribution in [3.63, 3.8) is 0 Å². The van der Waals surface area contributed by atoms with Crippen LogP contribution in [0.25, 0.3) is 11.3 Å². The van der Waals surface area contributed by atoms with E-state index in [0.717, 1.165) is 14.9 Å². The fourth-order valence-electron chi connectivity index (χ4n) is 1.41. The Balaban J connectivity index is 2.42. The topological polar surface area (TPSA) is 33.4 Å². The van der Waals surface area contributed by atoms with Crippen molar-refractivity contribution in [2.75, 3.05) is 0 Å². The van der Waals surface area contributed by atoms with E-state index in [1.807, 2.05) is 24.3 Å². The molecule has 1 N–H and O–H groups in total. The molecule has 1 aromatic carbocycles. The summed E-state index contributed by atoms with van der Waals surface area (Å²) in [6.45, 7) is 1.68. The maximum absolute atomic E-state index is 9.38. The van der Waals surface area contributed by atoms with Gasteiger partial charge in [-0.25, -0.2) is 0 Å². The Bertz CT molecular complexity index is 505. The molecule has 1 atom stereocenters. The van der Waals surface area contributed by atoms with Crippen LogP contribution in [0.2, 0.25) is 5.02 Å². The highest BCUT2D eigenvalue weighted by Crippen LogP contribution is 2.30. The van der Waals surface area contributed by atoms with Crippen LogP contribution in [0.15, 0.2) is 34.7 Å². The number of furan rings is 1. The minimum Gasteiger partial charge on any atom is -0.458 e. The van der Waals surface area contributed by atoms with Gasteiger partial charge >= 0.3 is 0 Å². The van der Waals surface area contributed by atoms with E-state index in [2.05, 4.69) is 22.6 Å². The molecule has 2 nitrogen and oxygen atoms in total. The fourth-order valence-corrected chi connectivity index (χ4v) is 2.55. The van der Waals surface area contributed by atoms with Crippen LogP contribution < -0.4 is 0 Å². The average Bonchev–Trinajstić information content (AvgIpc) is 2.66. The van der Waals surface area contributed by atoms with Crippen molar-refractivity contribution in [3.8, 4) is 11.3 Å². The number of aliphatic hydroxyl groups is 1. The van der Waals surface area contributed by atoms with Crippen molar-refractivity contribution in [2.24, 2.45) is 0 Å². The highest BCUT2D eigenvalue weighted by molar-refractivity contribution is 14.1. The molecule has 2 aromatic rings. The van der Waals surface area contributed by atoms with E-state index in [9.17, 15) is 5.11 Å². The van der Waals surface area contributed by atoms with Gasteiger partial charge in [0.15, 0.2) is 0 Å². The van der Waals surface area contributed by atoms with Crippen LogP contribution in [0, 0.1) is 3.57 Å². The van der Waals surface area contributed by atoms with Crippen LogP contribution in [0.1, 0.15) is 18.8 Å². The smallest absolute Gasteiger partial charge is 0.135 e. The van der Waals surface area contributed by atoms with E-state index in [0.29, 0.717) is 10.8 Å². The number of hydrogen-bond donors (Lipinski definition) is 1. The van der Waals surface area contributed by atoms with Gasteiger partial charge < -0.3 is 9.52 Å². The first-order valence-electron chi connectivity index (χ1n) is 4.81. The second-order valence-corrected chi connectivity index (χ2v) is 5.10. The summed E-state index contributed by atoms with van der Waals surface area (Å²) >= 11 is 8.09. The van der Waals surface area contributed by atoms with Crippen LogP contribution in [0.4, 0.5) is 0 Å². The number of halogens is 2. The predicted molar refractivity (Wildman–Crippen MR) is 72.5 cm³/mol. The Kier molecular flexibility index (Phi) is 3.56. The first kappa shape index (κ1) is 12.0. The summed E-state index contributed by atoms with van der Waals surface area (Å²) in [5.41, 5.74) is 0.983. The summed E-state index contributed by atoms with van der Waals surface area (Å²) in [4.78, 5) is 0. The summed E-state index contributed by atoms with van der Waals surface area (Å²) in [6.07, 6.45) is -0.585. The highest BCUT2D eigenvalue weighted by atomic mass is 127. The maximum Gasteiger partial charge on any atom is 0.135 e. The molecule has 0 fully saturated rings. The zero-order valence-corrected chi connectivity index (χ0v) is 11.5. The van der Waals surface area contributed by atoms with Crippen molar-refractivity contribution in [2.45, 2.75) is 13.0 Å². The Morgan fingerprint density at radius 1 is 1.31 bits per heavy atom. The van der Waals surface area contributed by atoms with Gasteiger partial charge in [-0.1, -0.05) is 11.6 Å². The van der Waals surface area contributed by atoms with Crippen LogP contribution in [0.3, 0.4) is 0 Å². The molecule has 1 heterocycles. The first-order valence-corrected chi connectivity index (χ1v) is 6.27. The number of aliphatic hydroxyl groups excluding tert-OH is 1. The molecule has 0 radical (unpaired) electrons. The van der Waals surface area contributed by atoms with E-state index in [4.69, 9.17) is 16.0 Å². The van der Waals surface area contributed by atoms with E-state index in [1.54, 1.807) is 13.0 Å². The second kappa shape index (κ2) is 4.77. The Labute approximate surface area is 112 Å². The Morgan fingerprint density at radius 3 is 2.62 bits per heavy atom. The molecule has 0 saturated heterocycles. The average molecular weight is 349 g/mol. The van der Waals surface area contributed by atoms with Crippen molar-refractivity contribution in [1.29, 1.82) is 0 Å². The third-order valence-corrected chi connectivity index (χ3v) is 3.36. The fraction of sp³-hybridized carbons (Fsp3) is 0.167. The molecule has 0 aliphatic heterocycles. The summed E-state index contributed by atoms with van der Waals surface area (Å²) in [7, 11) is 0. The number of benzene rings is 1. The second-order valence-electron chi connectivity index (χ2n) is 3.50. The molecular weight excluding hydrogens is 338 g/mol. The molecule has 1 unspecified atom stereocenters. The van der Waals surface area contributed by atoms with E-state index < -0.39 is 6.10 Å². The molecular formula is C12H10ClIO2. The van der Waals surface area contributed by atoms with Crippen molar-refractivity contribution < 1.29 is 9.52 Å². The highest BCUT2D eigenvalue weighted by Gasteiger charge is 2.11. The minimum atomic E-state index is -0.585. The lowest BCUT2D eigenvalue weighted by Crippen LogP contribution is -1.86. The van der Waals surface area contributed by atoms with Gasteiger partial charge in [-0.3, -0.25) is 0 Å². The van der Waals surface area contributed by atoms with E-state index in [-0.39, 0.29) is 0 Å². The normalized spacial score (nSPS) is 12.8. The molecule has 84 valence electrons. The summed E-state index contributed by atoms with van der Waals surface area (Å²) in [5, 5.41) is 10.1. The van der Waals surface area contributed by atoms with Crippen LogP contribution in [-0.2, 0) is 0 Å². The lowest BCUT2D eigenvalue weighted by atomic mass is 10.2. The SMILES string of the molecule is CC(O)c1ccc(-c2ccc(Cl)cc2I)o1. The first-order chi connectivity index (χ1) is 7.58. The van der Waals surface area contributed by atoms with Crippen LogP contribution >= 0.6 is 34.2 Å². The monoisotopic (exact) mass is 348 g/mol. The Hall–Kier alpha value is -0.520. The molecule has 0 aliphatic carbocycles. The van der Waals surface area contributed by atoms with Crippen molar-refractivity contribution in [3.05, 3.63) is 44.7 Å². The standard InChI is InChI=1S/C12H10ClIO2/c1-7(15)11-4-5-12(16-11)9-3-2-8(13)6-10(9)14/h2-7,15H,1H3. The molecule has 0 aliphatic rings. The molecule has 0 spiro atoms. The maximum atomic E-state index is 9.38. The summed E-state index contributed by atoms with van der Waals surface area (Å²) < 4.78 is 6.58. The van der Waals surface area contributed by atoms with Crippen molar-refractivity contribution in [1.82, 2.24) is 0 Å². The molecule has 4 heteroatoms. The van der Waals surface area contributed by atoms with Crippen LogP contribution in [-0.4, -0.2) is 5.11 Å².